The van der Waals surface area contributed by atoms with Crippen molar-refractivity contribution in [3.63, 3.8) is 0 Å². The Labute approximate surface area is 268 Å². The van der Waals surface area contributed by atoms with Gasteiger partial charge in [0.25, 0.3) is 0 Å². The summed E-state index contributed by atoms with van der Waals surface area (Å²) in [6.45, 7) is 0. The van der Waals surface area contributed by atoms with E-state index in [1.807, 2.05) is 30.3 Å². The fraction of sp³-hybridized carbons (Fsp3) is 0. The third kappa shape index (κ3) is 4.89. The van der Waals surface area contributed by atoms with Crippen molar-refractivity contribution in [2.24, 2.45) is 0 Å². The molecule has 0 saturated heterocycles. The lowest BCUT2D eigenvalue weighted by molar-refractivity contribution is 1.17. The van der Waals surface area contributed by atoms with Crippen LogP contribution in [0.1, 0.15) is 5.56 Å². The number of nitriles is 1. The summed E-state index contributed by atoms with van der Waals surface area (Å²) in [5.41, 5.74) is 11.9. The van der Waals surface area contributed by atoms with Crippen LogP contribution in [0.3, 0.4) is 0 Å². The van der Waals surface area contributed by atoms with Gasteiger partial charge in [-0.15, -0.1) is 0 Å². The second-order valence-electron chi connectivity index (χ2n) is 11.4. The number of aromatic nitrogens is 1. The molecule has 0 unspecified atom stereocenters. The standard InChI is InChI=1S/C43H29N3/c44-30-31-19-23-37(24-20-31)45(36-15-8-3-9-16-36)38-17-10-18-39(29-38)46-42-25-21-34(32-11-4-1-5-12-32)27-40(42)41-28-35(22-26-43(41)46)33-13-6-2-7-14-33/h1-29H. The van der Waals surface area contributed by atoms with E-state index in [1.165, 1.54) is 33.0 Å². The summed E-state index contributed by atoms with van der Waals surface area (Å²) in [5.74, 6) is 0. The normalized spacial score (nSPS) is 11.0. The van der Waals surface area contributed by atoms with E-state index < -0.39 is 0 Å². The number of para-hydroxylation sites is 1. The first kappa shape index (κ1) is 27.2. The van der Waals surface area contributed by atoms with E-state index >= 15 is 0 Å². The van der Waals surface area contributed by atoms with E-state index in [2.05, 4.69) is 161 Å². The number of anilines is 3. The van der Waals surface area contributed by atoms with E-state index in [1.54, 1.807) is 0 Å². The molecule has 0 amide bonds. The Morgan fingerprint density at radius 2 is 0.913 bits per heavy atom. The lowest BCUT2D eigenvalue weighted by Gasteiger charge is -2.26. The molecule has 0 saturated carbocycles. The van der Waals surface area contributed by atoms with Crippen LogP contribution in [0.2, 0.25) is 0 Å². The third-order valence-electron chi connectivity index (χ3n) is 8.59. The number of hydrogen-bond acceptors (Lipinski definition) is 2. The van der Waals surface area contributed by atoms with Crippen LogP contribution >= 0.6 is 0 Å². The summed E-state index contributed by atoms with van der Waals surface area (Å²) in [7, 11) is 0. The Bertz CT molecular complexity index is 2250. The maximum atomic E-state index is 9.41. The van der Waals surface area contributed by atoms with Gasteiger partial charge in [-0.25, -0.2) is 0 Å². The van der Waals surface area contributed by atoms with Crippen molar-refractivity contribution in [2.75, 3.05) is 4.90 Å². The van der Waals surface area contributed by atoms with Gasteiger partial charge in [0.1, 0.15) is 0 Å². The Morgan fingerprint density at radius 3 is 1.46 bits per heavy atom. The van der Waals surface area contributed by atoms with Gasteiger partial charge >= 0.3 is 0 Å². The summed E-state index contributed by atoms with van der Waals surface area (Å²) in [6, 6.07) is 63.8. The number of hydrogen-bond donors (Lipinski definition) is 0. The van der Waals surface area contributed by atoms with Crippen LogP contribution in [0.25, 0.3) is 49.7 Å². The minimum absolute atomic E-state index is 0.639. The summed E-state index contributed by atoms with van der Waals surface area (Å²) in [4.78, 5) is 2.24. The van der Waals surface area contributed by atoms with Crippen LogP contribution < -0.4 is 4.90 Å². The highest BCUT2D eigenvalue weighted by atomic mass is 15.1. The molecule has 7 aromatic carbocycles. The molecule has 46 heavy (non-hydrogen) atoms. The van der Waals surface area contributed by atoms with Gasteiger partial charge in [-0.3, -0.25) is 0 Å². The molecule has 0 fully saturated rings. The van der Waals surface area contributed by atoms with Crippen LogP contribution in [0.5, 0.6) is 0 Å². The van der Waals surface area contributed by atoms with E-state index in [0.717, 1.165) is 33.8 Å². The monoisotopic (exact) mass is 587 g/mol. The van der Waals surface area contributed by atoms with Gasteiger partial charge < -0.3 is 9.47 Å². The number of rotatable bonds is 6. The molecule has 0 atom stereocenters. The van der Waals surface area contributed by atoms with Crippen LogP contribution in [-0.4, -0.2) is 4.57 Å². The van der Waals surface area contributed by atoms with Crippen molar-refractivity contribution in [3.8, 4) is 34.0 Å². The van der Waals surface area contributed by atoms with Gasteiger partial charge in [0, 0.05) is 33.5 Å². The third-order valence-corrected chi connectivity index (χ3v) is 8.59. The van der Waals surface area contributed by atoms with Crippen molar-refractivity contribution < 1.29 is 0 Å². The topological polar surface area (TPSA) is 32.0 Å². The molecule has 0 aliphatic rings. The molecule has 0 bridgehead atoms. The van der Waals surface area contributed by atoms with Gasteiger partial charge in [-0.1, -0.05) is 97.1 Å². The second kappa shape index (κ2) is 11.6. The highest BCUT2D eigenvalue weighted by Gasteiger charge is 2.17. The summed E-state index contributed by atoms with van der Waals surface area (Å²) < 4.78 is 2.37. The molecule has 1 aromatic heterocycles. The van der Waals surface area contributed by atoms with E-state index in [4.69, 9.17) is 0 Å². The Hall–Kier alpha value is -6.37. The Balaban J connectivity index is 1.34. The summed E-state index contributed by atoms with van der Waals surface area (Å²) in [6.07, 6.45) is 0. The molecule has 0 N–H and O–H groups in total. The highest BCUT2D eigenvalue weighted by Crippen LogP contribution is 2.40. The molecule has 8 aromatic rings. The zero-order valence-corrected chi connectivity index (χ0v) is 25.1. The highest BCUT2D eigenvalue weighted by molar-refractivity contribution is 6.11. The van der Waals surface area contributed by atoms with Crippen molar-refractivity contribution in [1.29, 1.82) is 5.26 Å². The van der Waals surface area contributed by atoms with Gasteiger partial charge in [-0.2, -0.15) is 5.26 Å². The van der Waals surface area contributed by atoms with Crippen LogP contribution in [0, 0.1) is 11.3 Å². The minimum atomic E-state index is 0.639. The van der Waals surface area contributed by atoms with Crippen molar-refractivity contribution in [2.45, 2.75) is 0 Å². The van der Waals surface area contributed by atoms with Crippen molar-refractivity contribution in [1.82, 2.24) is 4.57 Å². The van der Waals surface area contributed by atoms with Crippen LogP contribution in [0.4, 0.5) is 17.1 Å². The van der Waals surface area contributed by atoms with Gasteiger partial charge in [0.2, 0.25) is 0 Å². The predicted molar refractivity (Wildman–Crippen MR) is 191 cm³/mol. The van der Waals surface area contributed by atoms with Gasteiger partial charge in [0.15, 0.2) is 0 Å². The molecule has 8 rings (SSSR count). The summed E-state index contributed by atoms with van der Waals surface area (Å²) >= 11 is 0. The fourth-order valence-electron chi connectivity index (χ4n) is 6.40. The largest absolute Gasteiger partial charge is 0.310 e. The predicted octanol–water partition coefficient (Wildman–Crippen LogP) is 11.5. The number of nitrogens with zero attached hydrogens (tertiary/aromatic N) is 3. The second-order valence-corrected chi connectivity index (χ2v) is 11.4. The zero-order chi connectivity index (χ0) is 30.9. The molecule has 0 radical (unpaired) electrons. The number of benzene rings is 7. The van der Waals surface area contributed by atoms with Crippen LogP contribution in [0.15, 0.2) is 176 Å². The van der Waals surface area contributed by atoms with Gasteiger partial charge in [-0.05, 0) is 101 Å². The van der Waals surface area contributed by atoms with E-state index in [0.29, 0.717) is 5.56 Å². The minimum Gasteiger partial charge on any atom is -0.310 e. The molecular weight excluding hydrogens is 558 g/mol. The van der Waals surface area contributed by atoms with Crippen LogP contribution in [-0.2, 0) is 0 Å². The average molecular weight is 588 g/mol. The molecule has 3 heteroatoms. The lowest BCUT2D eigenvalue weighted by Crippen LogP contribution is -2.10. The SMILES string of the molecule is N#Cc1ccc(N(c2ccccc2)c2cccc(-n3c4ccc(-c5ccccc5)cc4c4cc(-c5ccccc5)ccc43)c2)cc1. The maximum Gasteiger partial charge on any atom is 0.0991 e. The molecular formula is C43H29N3. The maximum absolute atomic E-state index is 9.41. The molecule has 0 spiro atoms. The van der Waals surface area contributed by atoms with E-state index in [9.17, 15) is 5.26 Å². The molecule has 216 valence electrons. The molecule has 3 nitrogen and oxygen atoms in total. The first-order valence-electron chi connectivity index (χ1n) is 15.4. The summed E-state index contributed by atoms with van der Waals surface area (Å²) in [5, 5.41) is 11.8. The first-order valence-corrected chi connectivity index (χ1v) is 15.4. The zero-order valence-electron chi connectivity index (χ0n) is 25.1. The number of fused-ring (bicyclic) bond motifs is 3. The van der Waals surface area contributed by atoms with Gasteiger partial charge in [0.05, 0.1) is 22.7 Å². The van der Waals surface area contributed by atoms with Crippen molar-refractivity contribution in [3.05, 3.63) is 181 Å². The smallest absolute Gasteiger partial charge is 0.0991 e. The first-order chi connectivity index (χ1) is 22.8. The molecule has 0 aliphatic heterocycles. The van der Waals surface area contributed by atoms with E-state index in [-0.39, 0.29) is 0 Å². The Kier molecular flexibility index (Phi) is 6.87. The Morgan fingerprint density at radius 1 is 0.413 bits per heavy atom. The lowest BCUT2D eigenvalue weighted by atomic mass is 10.0. The molecule has 0 aliphatic carbocycles. The van der Waals surface area contributed by atoms with Crippen molar-refractivity contribution >= 4 is 38.9 Å². The molecule has 1 heterocycles. The average Bonchev–Trinajstić information content (AvgIpc) is 3.46. The fourth-order valence-corrected chi connectivity index (χ4v) is 6.40. The quantitative estimate of drug-likeness (QED) is 0.194.